The Balaban J connectivity index is 1.80. The van der Waals surface area contributed by atoms with Gasteiger partial charge in [-0.05, 0) is 56.0 Å². The van der Waals surface area contributed by atoms with Crippen molar-refractivity contribution >= 4 is 34.5 Å². The molecule has 1 heterocycles. The third-order valence-electron chi connectivity index (χ3n) is 5.98. The van der Waals surface area contributed by atoms with Gasteiger partial charge < -0.3 is 14.4 Å². The van der Waals surface area contributed by atoms with E-state index in [9.17, 15) is 17.8 Å². The number of anilines is 1. The Morgan fingerprint density at radius 2 is 1.71 bits per heavy atom. The zero-order valence-corrected chi connectivity index (χ0v) is 21.6. The van der Waals surface area contributed by atoms with Crippen molar-refractivity contribution in [2.45, 2.75) is 56.8 Å². The summed E-state index contributed by atoms with van der Waals surface area (Å²) in [6, 6.07) is 9.69. The van der Waals surface area contributed by atoms with E-state index in [0.29, 0.717) is 23.5 Å². The van der Waals surface area contributed by atoms with E-state index in [4.69, 9.17) is 9.05 Å². The lowest BCUT2D eigenvalue weighted by atomic mass is 9.87. The lowest BCUT2D eigenvalue weighted by molar-refractivity contribution is -0.118. The third-order valence-corrected chi connectivity index (χ3v) is 9.21. The number of nitrogens with one attached hydrogen (secondary N) is 1. The number of hydrogen-bond donors (Lipinski definition) is 1. The molecule has 34 heavy (non-hydrogen) atoms. The summed E-state index contributed by atoms with van der Waals surface area (Å²) in [6.45, 7) is 3.94. The zero-order valence-electron chi connectivity index (χ0n) is 19.9. The molecule has 1 aromatic heterocycles. The first-order valence-corrected chi connectivity index (χ1v) is 15.1. The zero-order chi connectivity index (χ0) is 24.8. The molecule has 10 heteroatoms. The number of rotatable bonds is 11. The first-order chi connectivity index (χ1) is 16.2. The molecule has 3 rings (SSSR count). The summed E-state index contributed by atoms with van der Waals surface area (Å²) < 4.78 is 47.3. The van der Waals surface area contributed by atoms with E-state index in [0.717, 1.165) is 37.5 Å². The Morgan fingerprint density at radius 3 is 2.21 bits per heavy atom. The number of pyridine rings is 1. The topological polar surface area (TPSA) is 112 Å². The minimum absolute atomic E-state index is 0.211. The van der Waals surface area contributed by atoms with Gasteiger partial charge in [-0.2, -0.15) is 0 Å². The first-order valence-electron chi connectivity index (χ1n) is 11.6. The normalized spacial score (nSPS) is 15.9. The summed E-state index contributed by atoms with van der Waals surface area (Å²) >= 11 is 0. The van der Waals surface area contributed by atoms with E-state index in [2.05, 4.69) is 10.3 Å². The predicted molar refractivity (Wildman–Crippen MR) is 132 cm³/mol. The molecule has 1 aromatic carbocycles. The van der Waals surface area contributed by atoms with Crippen LogP contribution in [0.25, 0.3) is 0 Å². The van der Waals surface area contributed by atoms with Crippen molar-refractivity contribution in [2.24, 2.45) is 5.92 Å². The highest BCUT2D eigenvalue weighted by atomic mass is 32.2. The van der Waals surface area contributed by atoms with Crippen molar-refractivity contribution in [3.63, 3.8) is 0 Å². The fraction of sp³-hybridized carbons (Fsp3) is 0.500. The number of amides is 1. The Kier molecular flexibility index (Phi) is 9.04. The molecule has 186 valence electrons. The summed E-state index contributed by atoms with van der Waals surface area (Å²) in [4.78, 5) is 17.8. The highest BCUT2D eigenvalue weighted by Crippen LogP contribution is 2.46. The molecule has 1 atom stereocenters. The molecule has 1 aliphatic carbocycles. The number of nitrogens with zero attached hydrogens (tertiary/aromatic N) is 1. The van der Waals surface area contributed by atoms with E-state index in [1.807, 2.05) is 0 Å². The van der Waals surface area contributed by atoms with Gasteiger partial charge in [-0.1, -0.05) is 37.8 Å². The van der Waals surface area contributed by atoms with Crippen molar-refractivity contribution in [3.05, 3.63) is 48.2 Å². The maximum absolute atomic E-state index is 13.3. The van der Waals surface area contributed by atoms with Gasteiger partial charge in [-0.25, -0.2) is 13.4 Å². The fourth-order valence-electron chi connectivity index (χ4n) is 4.28. The van der Waals surface area contributed by atoms with Crippen LogP contribution in [0.5, 0.6) is 0 Å². The van der Waals surface area contributed by atoms with Crippen LogP contribution < -0.4 is 10.6 Å². The summed E-state index contributed by atoms with van der Waals surface area (Å²) in [5.41, 5.74) is 0.769. The van der Waals surface area contributed by atoms with Gasteiger partial charge in [0.05, 0.1) is 29.3 Å². The molecule has 1 amide bonds. The molecule has 8 nitrogen and oxygen atoms in total. The van der Waals surface area contributed by atoms with Crippen molar-refractivity contribution in [1.82, 2.24) is 4.98 Å². The Bertz CT molecular complexity index is 1100. The number of carbonyl (C=O) groups is 1. The van der Waals surface area contributed by atoms with Crippen LogP contribution in [0, 0.1) is 5.92 Å². The van der Waals surface area contributed by atoms with Crippen LogP contribution in [0.3, 0.4) is 0 Å². The minimum Gasteiger partial charge on any atom is -0.310 e. The van der Waals surface area contributed by atoms with Gasteiger partial charge in [0.25, 0.3) is 0 Å². The number of benzene rings is 1. The molecule has 0 bridgehead atoms. The summed E-state index contributed by atoms with van der Waals surface area (Å²) in [6.07, 6.45) is 7.74. The van der Waals surface area contributed by atoms with E-state index in [1.165, 1.54) is 6.20 Å². The van der Waals surface area contributed by atoms with Gasteiger partial charge in [-0.3, -0.25) is 9.36 Å². The van der Waals surface area contributed by atoms with Gasteiger partial charge in [0.2, 0.25) is 5.91 Å². The van der Waals surface area contributed by atoms with Gasteiger partial charge in [0.1, 0.15) is 5.82 Å². The average Bonchev–Trinajstić information content (AvgIpc) is 3.31. The maximum atomic E-state index is 13.3. The first kappa shape index (κ1) is 26.5. The van der Waals surface area contributed by atoms with Crippen LogP contribution in [0.4, 0.5) is 5.82 Å². The van der Waals surface area contributed by atoms with Gasteiger partial charge in [0, 0.05) is 12.5 Å². The van der Waals surface area contributed by atoms with Crippen molar-refractivity contribution in [1.29, 1.82) is 0 Å². The molecular formula is C24H33N2O6PS. The van der Waals surface area contributed by atoms with Crippen molar-refractivity contribution in [2.75, 3.05) is 24.8 Å². The summed E-state index contributed by atoms with van der Waals surface area (Å²) in [5, 5.41) is 3.19. The largest absolute Gasteiger partial charge is 0.362 e. The van der Waals surface area contributed by atoms with Crippen LogP contribution in [-0.4, -0.2) is 38.8 Å². The lowest BCUT2D eigenvalue weighted by Crippen LogP contribution is -2.24. The fourth-order valence-corrected chi connectivity index (χ4v) is 6.42. The van der Waals surface area contributed by atoms with Gasteiger partial charge >= 0.3 is 7.60 Å². The molecule has 2 aromatic rings. The molecule has 0 saturated heterocycles. The van der Waals surface area contributed by atoms with E-state index in [1.54, 1.807) is 50.2 Å². The second-order valence-corrected chi connectivity index (χ2v) is 12.5. The van der Waals surface area contributed by atoms with Crippen LogP contribution in [0.15, 0.2) is 47.5 Å². The van der Waals surface area contributed by atoms with E-state index in [-0.39, 0.29) is 24.0 Å². The van der Waals surface area contributed by atoms with Crippen LogP contribution >= 0.6 is 7.60 Å². The molecule has 1 N–H and O–H groups in total. The number of aromatic nitrogens is 1. The van der Waals surface area contributed by atoms with E-state index < -0.39 is 23.4 Å². The Morgan fingerprint density at radius 1 is 1.09 bits per heavy atom. The SMILES string of the molecule is CCOP(=O)(OCC)c1ccc(NC(=O)[C@H](CC2CCCC2)c2ccc(S(C)(=O)=O)cc2)nc1. The Labute approximate surface area is 201 Å². The molecular weight excluding hydrogens is 475 g/mol. The minimum atomic E-state index is -3.46. The molecule has 1 fully saturated rings. The van der Waals surface area contributed by atoms with Gasteiger partial charge in [-0.15, -0.1) is 0 Å². The number of sulfone groups is 1. The van der Waals surface area contributed by atoms with Crippen molar-refractivity contribution in [3.8, 4) is 0 Å². The monoisotopic (exact) mass is 508 g/mol. The highest BCUT2D eigenvalue weighted by Gasteiger charge is 2.29. The van der Waals surface area contributed by atoms with Gasteiger partial charge in [0.15, 0.2) is 9.84 Å². The molecule has 0 spiro atoms. The molecule has 0 radical (unpaired) electrons. The summed E-state index contributed by atoms with van der Waals surface area (Å²) in [5.74, 6) is 0.134. The second kappa shape index (κ2) is 11.6. The molecule has 0 aliphatic heterocycles. The quantitative estimate of drug-likeness (QED) is 0.439. The standard InChI is InChI=1S/C24H33N2O6PS/c1-4-31-33(28,32-5-2)20-12-15-23(25-17-20)26-24(27)22(16-18-8-6-7-9-18)19-10-13-21(14-11-19)34(3,29)30/h10-15,17-18,22H,4-9,16H2,1-3H3,(H,25,26,27)/t22-/m1/s1. The highest BCUT2D eigenvalue weighted by molar-refractivity contribution is 7.90. The van der Waals surface area contributed by atoms with E-state index >= 15 is 0 Å². The second-order valence-electron chi connectivity index (χ2n) is 8.50. The van der Waals surface area contributed by atoms with Crippen molar-refractivity contribution < 1.29 is 26.8 Å². The third kappa shape index (κ3) is 6.75. The predicted octanol–water partition coefficient (Wildman–Crippen LogP) is 4.68. The number of hydrogen-bond acceptors (Lipinski definition) is 7. The van der Waals surface area contributed by atoms with Crippen LogP contribution in [-0.2, 0) is 28.2 Å². The van der Waals surface area contributed by atoms with Crippen LogP contribution in [0.2, 0.25) is 0 Å². The molecule has 0 unspecified atom stereocenters. The molecule has 1 aliphatic rings. The smallest absolute Gasteiger partial charge is 0.310 e. The number of carbonyl (C=O) groups excluding carboxylic acids is 1. The Hall–Kier alpha value is -2.06. The molecule has 1 saturated carbocycles. The maximum Gasteiger partial charge on any atom is 0.362 e. The average molecular weight is 509 g/mol. The lowest BCUT2D eigenvalue weighted by Gasteiger charge is -2.21. The summed E-state index contributed by atoms with van der Waals surface area (Å²) in [7, 11) is -6.77. The van der Waals surface area contributed by atoms with Crippen LogP contribution in [0.1, 0.15) is 57.4 Å².